The minimum absolute atomic E-state index is 0.0101. The van der Waals surface area contributed by atoms with Gasteiger partial charge in [-0.1, -0.05) is 27.5 Å². The first-order chi connectivity index (χ1) is 7.19. The summed E-state index contributed by atoms with van der Waals surface area (Å²) in [4.78, 5) is 0. The summed E-state index contributed by atoms with van der Waals surface area (Å²) in [6.07, 6.45) is 0. The van der Waals surface area contributed by atoms with Crippen molar-refractivity contribution in [1.29, 1.82) is 5.26 Å². The highest BCUT2D eigenvalue weighted by Crippen LogP contribution is 2.26. The lowest BCUT2D eigenvalue weighted by Crippen LogP contribution is -2.23. The van der Waals surface area contributed by atoms with Crippen LogP contribution in [0.15, 0.2) is 22.7 Å². The Bertz CT molecular complexity index is 378. The quantitative estimate of drug-likeness (QED) is 0.894. The van der Waals surface area contributed by atoms with Crippen molar-refractivity contribution in [1.82, 2.24) is 5.32 Å². The number of nitriles is 1. The standard InChI is InChI=1S/C10H10BrClN2O/c11-7-1-2-9(12)8(5-7)10(6-13)14-3-4-15/h1-2,5,10,14-15H,3-4H2. The summed E-state index contributed by atoms with van der Waals surface area (Å²) in [5.41, 5.74) is 0.710. The fourth-order valence-electron chi connectivity index (χ4n) is 1.17. The van der Waals surface area contributed by atoms with Gasteiger partial charge in [-0.25, -0.2) is 0 Å². The van der Waals surface area contributed by atoms with E-state index < -0.39 is 6.04 Å². The molecule has 3 nitrogen and oxygen atoms in total. The summed E-state index contributed by atoms with van der Waals surface area (Å²) >= 11 is 9.29. The predicted molar refractivity (Wildman–Crippen MR) is 62.6 cm³/mol. The Hall–Kier alpha value is -0.600. The monoisotopic (exact) mass is 288 g/mol. The molecule has 1 aromatic carbocycles. The zero-order valence-electron chi connectivity index (χ0n) is 7.87. The lowest BCUT2D eigenvalue weighted by atomic mass is 10.1. The fourth-order valence-corrected chi connectivity index (χ4v) is 1.78. The molecule has 0 heterocycles. The van der Waals surface area contributed by atoms with Gasteiger partial charge >= 0.3 is 0 Å². The van der Waals surface area contributed by atoms with E-state index in [1.54, 1.807) is 12.1 Å². The largest absolute Gasteiger partial charge is 0.395 e. The molecule has 0 amide bonds. The highest BCUT2D eigenvalue weighted by Gasteiger charge is 2.13. The average Bonchev–Trinajstić information content (AvgIpc) is 2.24. The van der Waals surface area contributed by atoms with Gasteiger partial charge in [0.05, 0.1) is 12.7 Å². The van der Waals surface area contributed by atoms with Gasteiger partial charge in [0.25, 0.3) is 0 Å². The first kappa shape index (κ1) is 12.5. The number of benzene rings is 1. The van der Waals surface area contributed by atoms with Crippen molar-refractivity contribution in [2.24, 2.45) is 0 Å². The van der Waals surface area contributed by atoms with Crippen LogP contribution in [0.25, 0.3) is 0 Å². The van der Waals surface area contributed by atoms with Crippen LogP contribution in [0.5, 0.6) is 0 Å². The summed E-state index contributed by atoms with van der Waals surface area (Å²) in [5, 5.41) is 21.0. The van der Waals surface area contributed by atoms with Crippen LogP contribution in [0.2, 0.25) is 5.02 Å². The molecule has 0 aliphatic carbocycles. The van der Waals surface area contributed by atoms with Gasteiger partial charge in [0.2, 0.25) is 0 Å². The molecule has 0 aliphatic heterocycles. The third kappa shape index (κ3) is 3.47. The summed E-state index contributed by atoms with van der Waals surface area (Å²) in [7, 11) is 0. The first-order valence-electron chi connectivity index (χ1n) is 4.38. The molecule has 0 spiro atoms. The lowest BCUT2D eigenvalue weighted by Gasteiger charge is -2.12. The van der Waals surface area contributed by atoms with E-state index in [9.17, 15) is 0 Å². The van der Waals surface area contributed by atoms with Crippen molar-refractivity contribution in [3.05, 3.63) is 33.3 Å². The van der Waals surface area contributed by atoms with Crippen molar-refractivity contribution in [3.63, 3.8) is 0 Å². The Kier molecular flexibility index (Phi) is 5.06. The molecule has 0 bridgehead atoms. The topological polar surface area (TPSA) is 56.0 Å². The van der Waals surface area contributed by atoms with E-state index in [2.05, 4.69) is 27.3 Å². The molecule has 0 radical (unpaired) electrons. The zero-order valence-corrected chi connectivity index (χ0v) is 10.2. The van der Waals surface area contributed by atoms with Gasteiger partial charge in [-0.3, -0.25) is 5.32 Å². The number of hydrogen-bond acceptors (Lipinski definition) is 3. The van der Waals surface area contributed by atoms with Crippen LogP contribution in [-0.4, -0.2) is 18.3 Å². The molecule has 1 unspecified atom stereocenters. The maximum Gasteiger partial charge on any atom is 0.122 e. The van der Waals surface area contributed by atoms with Crippen LogP contribution >= 0.6 is 27.5 Å². The van der Waals surface area contributed by atoms with Crippen molar-refractivity contribution in [2.45, 2.75) is 6.04 Å². The third-order valence-corrected chi connectivity index (χ3v) is 2.70. The van der Waals surface area contributed by atoms with Crippen molar-refractivity contribution in [3.8, 4) is 6.07 Å². The second-order valence-electron chi connectivity index (χ2n) is 2.91. The molecule has 5 heteroatoms. The van der Waals surface area contributed by atoms with Crippen LogP contribution in [0.4, 0.5) is 0 Å². The maximum absolute atomic E-state index is 8.95. The van der Waals surface area contributed by atoms with Crippen LogP contribution in [0.1, 0.15) is 11.6 Å². The molecular formula is C10H10BrClN2O. The first-order valence-corrected chi connectivity index (χ1v) is 5.55. The van der Waals surface area contributed by atoms with Crippen LogP contribution in [-0.2, 0) is 0 Å². The van der Waals surface area contributed by atoms with Crippen molar-refractivity contribution < 1.29 is 5.11 Å². The van der Waals surface area contributed by atoms with Gasteiger partial charge in [0.15, 0.2) is 0 Å². The van der Waals surface area contributed by atoms with E-state index in [-0.39, 0.29) is 6.61 Å². The Morgan fingerprint density at radius 2 is 2.33 bits per heavy atom. The summed E-state index contributed by atoms with van der Waals surface area (Å²) < 4.78 is 0.868. The van der Waals surface area contributed by atoms with Gasteiger partial charge < -0.3 is 5.11 Å². The summed E-state index contributed by atoms with van der Waals surface area (Å²) in [6.45, 7) is 0.352. The molecular weight excluding hydrogens is 279 g/mol. The molecule has 1 atom stereocenters. The molecule has 80 valence electrons. The van der Waals surface area contributed by atoms with E-state index in [0.717, 1.165) is 4.47 Å². The van der Waals surface area contributed by atoms with Gasteiger partial charge in [0.1, 0.15) is 6.04 Å². The second kappa shape index (κ2) is 6.09. The summed E-state index contributed by atoms with van der Waals surface area (Å²) in [6, 6.07) is 6.93. The molecule has 0 aromatic heterocycles. The smallest absolute Gasteiger partial charge is 0.122 e. The summed E-state index contributed by atoms with van der Waals surface area (Å²) in [5.74, 6) is 0. The van der Waals surface area contributed by atoms with E-state index in [4.69, 9.17) is 22.0 Å². The Morgan fingerprint density at radius 3 is 2.93 bits per heavy atom. The second-order valence-corrected chi connectivity index (χ2v) is 4.23. The fraction of sp³-hybridized carbons (Fsp3) is 0.300. The molecule has 0 saturated heterocycles. The van der Waals surface area contributed by atoms with E-state index in [1.165, 1.54) is 0 Å². The molecule has 0 saturated carbocycles. The van der Waals surface area contributed by atoms with Gasteiger partial charge in [-0.05, 0) is 18.2 Å². The number of nitrogens with zero attached hydrogens (tertiary/aromatic N) is 1. The lowest BCUT2D eigenvalue weighted by molar-refractivity contribution is 0.289. The molecule has 0 aliphatic rings. The van der Waals surface area contributed by atoms with Crippen LogP contribution in [0, 0.1) is 11.3 Å². The number of hydrogen-bond donors (Lipinski definition) is 2. The van der Waals surface area contributed by atoms with E-state index >= 15 is 0 Å². The third-order valence-electron chi connectivity index (χ3n) is 1.86. The number of halogens is 2. The van der Waals surface area contributed by atoms with Gasteiger partial charge in [-0.15, -0.1) is 0 Å². The SMILES string of the molecule is N#CC(NCCO)c1cc(Br)ccc1Cl. The van der Waals surface area contributed by atoms with Gasteiger partial charge in [-0.2, -0.15) is 5.26 Å². The normalized spacial score (nSPS) is 12.1. The molecule has 15 heavy (non-hydrogen) atoms. The number of nitrogens with one attached hydrogen (secondary N) is 1. The number of rotatable bonds is 4. The minimum atomic E-state index is -0.498. The molecule has 1 rings (SSSR count). The van der Waals surface area contributed by atoms with Crippen LogP contribution in [0.3, 0.4) is 0 Å². The highest BCUT2D eigenvalue weighted by atomic mass is 79.9. The maximum atomic E-state index is 8.95. The molecule has 0 fully saturated rings. The van der Waals surface area contributed by atoms with E-state index in [0.29, 0.717) is 17.1 Å². The number of aliphatic hydroxyl groups excluding tert-OH is 1. The van der Waals surface area contributed by atoms with Crippen molar-refractivity contribution in [2.75, 3.05) is 13.2 Å². The predicted octanol–water partition coefficient (Wildman–Crippen LogP) is 2.25. The Labute approximate surface area is 102 Å². The Balaban J connectivity index is 2.91. The Morgan fingerprint density at radius 1 is 1.60 bits per heavy atom. The van der Waals surface area contributed by atoms with Gasteiger partial charge in [0, 0.05) is 21.6 Å². The van der Waals surface area contributed by atoms with Crippen molar-refractivity contribution >= 4 is 27.5 Å². The minimum Gasteiger partial charge on any atom is -0.395 e. The molecule has 2 N–H and O–H groups in total. The average molecular weight is 290 g/mol. The zero-order chi connectivity index (χ0) is 11.3. The number of aliphatic hydroxyl groups is 1. The highest BCUT2D eigenvalue weighted by molar-refractivity contribution is 9.10. The molecule has 1 aromatic rings. The van der Waals surface area contributed by atoms with E-state index in [1.807, 2.05) is 6.07 Å². The van der Waals surface area contributed by atoms with Crippen LogP contribution < -0.4 is 5.32 Å².